The first-order valence-electron chi connectivity index (χ1n) is 9.36. The van der Waals surface area contributed by atoms with E-state index in [9.17, 15) is 4.79 Å². The lowest BCUT2D eigenvalue weighted by molar-refractivity contribution is -0.167. The maximum Gasteiger partial charge on any atom is 0.149 e. The molecular weight excluding hydrogens is 324 g/mol. The van der Waals surface area contributed by atoms with E-state index >= 15 is 0 Å². The van der Waals surface area contributed by atoms with Gasteiger partial charge in [0.15, 0.2) is 0 Å². The summed E-state index contributed by atoms with van der Waals surface area (Å²) in [6.07, 6.45) is 6.81. The van der Waals surface area contributed by atoms with Crippen LogP contribution in [0.4, 0.5) is 0 Å². The van der Waals surface area contributed by atoms with Crippen LogP contribution in [-0.2, 0) is 19.0 Å². The van der Waals surface area contributed by atoms with Crippen LogP contribution >= 0.6 is 12.6 Å². The molecular formula is C19H30O4S. The molecule has 4 saturated carbocycles. The van der Waals surface area contributed by atoms with E-state index in [1.54, 1.807) is 7.11 Å². The number of thiol groups is 1. The van der Waals surface area contributed by atoms with Gasteiger partial charge in [0.2, 0.25) is 0 Å². The number of carbonyl (C=O) groups is 1. The van der Waals surface area contributed by atoms with Gasteiger partial charge in [0, 0.05) is 25.6 Å². The lowest BCUT2D eigenvalue weighted by Crippen LogP contribution is -2.55. The second-order valence-corrected chi connectivity index (χ2v) is 9.14. The maximum absolute atomic E-state index is 13.1. The van der Waals surface area contributed by atoms with Gasteiger partial charge < -0.3 is 14.2 Å². The van der Waals surface area contributed by atoms with E-state index in [4.69, 9.17) is 14.2 Å². The molecule has 0 aliphatic heterocycles. The SMILES string of the molecule is COCO[C@@H]1CC(S)C(=O)[C@H](C)C23CC[C@H]4C[C@]41C2[C@H](OC)CC3. The predicted molar refractivity (Wildman–Crippen MR) is 94.0 cm³/mol. The number of Topliss-reactive ketones (excluding diaryl/α,β-unsaturated/α-hetero) is 1. The normalized spacial score (nSPS) is 53.1. The Morgan fingerprint density at radius 1 is 1.25 bits per heavy atom. The summed E-state index contributed by atoms with van der Waals surface area (Å²) in [7, 11) is 3.50. The van der Waals surface area contributed by atoms with Crippen molar-refractivity contribution >= 4 is 18.4 Å². The molecule has 0 heterocycles. The second-order valence-electron chi connectivity index (χ2n) is 8.51. The van der Waals surface area contributed by atoms with Crippen molar-refractivity contribution in [3.8, 4) is 0 Å². The lowest BCUT2D eigenvalue weighted by atomic mass is 9.53. The van der Waals surface area contributed by atoms with Crippen LogP contribution in [0.2, 0.25) is 0 Å². The molecule has 4 rings (SSSR count). The monoisotopic (exact) mass is 354 g/mol. The summed E-state index contributed by atoms with van der Waals surface area (Å²) < 4.78 is 17.3. The van der Waals surface area contributed by atoms with E-state index in [0.29, 0.717) is 30.8 Å². The van der Waals surface area contributed by atoms with Crippen molar-refractivity contribution in [2.45, 2.75) is 62.9 Å². The third-order valence-corrected chi connectivity index (χ3v) is 8.43. The third kappa shape index (κ3) is 2.14. The highest BCUT2D eigenvalue weighted by molar-refractivity contribution is 7.81. The molecule has 3 unspecified atom stereocenters. The quantitative estimate of drug-likeness (QED) is 0.622. The van der Waals surface area contributed by atoms with E-state index in [-0.39, 0.29) is 34.2 Å². The Hall–Kier alpha value is -0.100. The zero-order chi connectivity index (χ0) is 17.1. The zero-order valence-corrected chi connectivity index (χ0v) is 15.9. The first kappa shape index (κ1) is 17.3. The Morgan fingerprint density at radius 2 is 2.00 bits per heavy atom. The van der Waals surface area contributed by atoms with Crippen LogP contribution in [0.25, 0.3) is 0 Å². The van der Waals surface area contributed by atoms with Crippen LogP contribution < -0.4 is 0 Å². The Balaban J connectivity index is 1.79. The summed E-state index contributed by atoms with van der Waals surface area (Å²) in [5.41, 5.74) is 0.255. The first-order chi connectivity index (χ1) is 11.5. The van der Waals surface area contributed by atoms with Crippen molar-refractivity contribution < 1.29 is 19.0 Å². The van der Waals surface area contributed by atoms with Crippen molar-refractivity contribution in [2.24, 2.45) is 28.6 Å². The molecule has 0 N–H and O–H groups in total. The van der Waals surface area contributed by atoms with Crippen LogP contribution in [0.15, 0.2) is 0 Å². The summed E-state index contributed by atoms with van der Waals surface area (Å²) in [4.78, 5) is 13.1. The number of hydrogen-bond acceptors (Lipinski definition) is 5. The fourth-order valence-electron chi connectivity index (χ4n) is 6.86. The number of carbonyl (C=O) groups excluding carboxylic acids is 1. The number of ether oxygens (including phenoxy) is 3. The Kier molecular flexibility index (Phi) is 4.31. The molecule has 0 aromatic heterocycles. The van der Waals surface area contributed by atoms with Gasteiger partial charge >= 0.3 is 0 Å². The summed E-state index contributed by atoms with van der Waals surface area (Å²) in [6, 6.07) is 0. The maximum atomic E-state index is 13.1. The van der Waals surface area contributed by atoms with Crippen LogP contribution in [0.1, 0.15) is 45.4 Å². The Labute approximate surface area is 150 Å². The van der Waals surface area contributed by atoms with Crippen molar-refractivity contribution in [3.63, 3.8) is 0 Å². The summed E-state index contributed by atoms with van der Waals surface area (Å²) in [6.45, 7) is 2.45. The minimum atomic E-state index is -0.225. The average Bonchev–Trinajstić information content (AvgIpc) is 3.21. The molecule has 5 heteroatoms. The molecule has 0 radical (unpaired) electrons. The minimum Gasteiger partial charge on any atom is -0.381 e. The largest absolute Gasteiger partial charge is 0.381 e. The van der Waals surface area contributed by atoms with Gasteiger partial charge in [-0.2, -0.15) is 12.6 Å². The molecule has 4 fully saturated rings. The van der Waals surface area contributed by atoms with Crippen LogP contribution in [0, 0.1) is 28.6 Å². The van der Waals surface area contributed by atoms with E-state index in [0.717, 1.165) is 19.3 Å². The van der Waals surface area contributed by atoms with Crippen molar-refractivity contribution in [1.29, 1.82) is 0 Å². The smallest absolute Gasteiger partial charge is 0.149 e. The van der Waals surface area contributed by atoms with Gasteiger partial charge in [0.05, 0.1) is 17.5 Å². The van der Waals surface area contributed by atoms with Crippen LogP contribution in [-0.4, -0.2) is 44.3 Å². The Morgan fingerprint density at radius 3 is 2.71 bits per heavy atom. The van der Waals surface area contributed by atoms with Crippen molar-refractivity contribution in [2.75, 3.05) is 21.0 Å². The molecule has 4 nitrogen and oxygen atoms in total. The number of hydrogen-bond donors (Lipinski definition) is 1. The van der Waals surface area contributed by atoms with Crippen LogP contribution in [0.5, 0.6) is 0 Å². The molecule has 4 aliphatic carbocycles. The molecule has 136 valence electrons. The fraction of sp³-hybridized carbons (Fsp3) is 0.947. The predicted octanol–water partition coefficient (Wildman–Crippen LogP) is 3.09. The highest BCUT2D eigenvalue weighted by atomic mass is 32.1. The highest BCUT2D eigenvalue weighted by Gasteiger charge is 2.75. The van der Waals surface area contributed by atoms with Gasteiger partial charge in [0.1, 0.15) is 12.6 Å². The van der Waals surface area contributed by atoms with E-state index in [2.05, 4.69) is 19.6 Å². The molecule has 0 saturated heterocycles. The van der Waals surface area contributed by atoms with Gasteiger partial charge in [-0.3, -0.25) is 4.79 Å². The first-order valence-corrected chi connectivity index (χ1v) is 9.88. The number of rotatable bonds is 4. The standard InChI is InChI=1S/C19H30O4S/c1-11-16(20)14(24)8-15(23-10-21-2)19-9-12(19)4-6-18(11)7-5-13(22-3)17(18)19/h11-15,17,24H,4-10H2,1-3H3/t11-,12-,13+,14?,15+,17?,18?,19-/m0/s1. The summed E-state index contributed by atoms with van der Waals surface area (Å²) >= 11 is 4.68. The van der Waals surface area contributed by atoms with E-state index in [1.807, 2.05) is 7.11 Å². The fourth-order valence-corrected chi connectivity index (χ4v) is 7.28. The molecule has 0 aromatic carbocycles. The molecule has 2 bridgehead atoms. The van der Waals surface area contributed by atoms with Crippen molar-refractivity contribution in [3.05, 3.63) is 0 Å². The number of methoxy groups -OCH3 is 2. The molecule has 0 aromatic rings. The van der Waals surface area contributed by atoms with Gasteiger partial charge in [-0.05, 0) is 55.8 Å². The zero-order valence-electron chi connectivity index (χ0n) is 15.0. The van der Waals surface area contributed by atoms with E-state index in [1.165, 1.54) is 12.8 Å². The topological polar surface area (TPSA) is 44.8 Å². The molecule has 8 atom stereocenters. The molecule has 4 aliphatic rings. The Bertz CT molecular complexity index is 525. The minimum absolute atomic E-state index is 0.0572. The number of ketones is 1. The van der Waals surface area contributed by atoms with E-state index < -0.39 is 0 Å². The van der Waals surface area contributed by atoms with Gasteiger partial charge in [-0.15, -0.1) is 0 Å². The van der Waals surface area contributed by atoms with Gasteiger partial charge in [0.25, 0.3) is 0 Å². The molecule has 1 spiro atoms. The highest BCUT2D eigenvalue weighted by Crippen LogP contribution is 2.77. The van der Waals surface area contributed by atoms with Crippen LogP contribution in [0.3, 0.4) is 0 Å². The second kappa shape index (κ2) is 5.97. The van der Waals surface area contributed by atoms with Gasteiger partial charge in [-0.1, -0.05) is 6.92 Å². The van der Waals surface area contributed by atoms with Gasteiger partial charge in [-0.25, -0.2) is 0 Å². The lowest BCUT2D eigenvalue weighted by Gasteiger charge is -2.53. The third-order valence-electron chi connectivity index (χ3n) is 7.97. The summed E-state index contributed by atoms with van der Waals surface area (Å²) in [5, 5.41) is -0.225. The molecule has 0 amide bonds. The van der Waals surface area contributed by atoms with Crippen molar-refractivity contribution in [1.82, 2.24) is 0 Å². The molecule has 24 heavy (non-hydrogen) atoms. The average molecular weight is 355 g/mol. The summed E-state index contributed by atoms with van der Waals surface area (Å²) in [5.74, 6) is 1.54.